The molecule has 2 aromatic heterocycles. The molecule has 3 aromatic carbocycles. The highest BCUT2D eigenvalue weighted by Crippen LogP contribution is 2.33. The Bertz CT molecular complexity index is 1390. The number of aromatic amines is 1. The molecule has 5 nitrogen and oxygen atoms in total. The topological polar surface area (TPSA) is 71.3 Å². The molecule has 0 saturated heterocycles. The zero-order valence-corrected chi connectivity index (χ0v) is 18.1. The average Bonchev–Trinajstić information content (AvgIpc) is 3.33. The van der Waals surface area contributed by atoms with E-state index in [1.54, 1.807) is 21.3 Å². The normalized spacial score (nSPS) is 12.8. The van der Waals surface area contributed by atoms with Gasteiger partial charge in [0.05, 0.1) is 16.7 Å². The molecule has 0 atom stereocenters. The number of hydrogen-bond acceptors (Lipinski definition) is 4. The first-order chi connectivity index (χ1) is 14.7. The Morgan fingerprint density at radius 2 is 1.74 bits per heavy atom. The van der Waals surface area contributed by atoms with Crippen LogP contribution in [0.2, 0.25) is 0 Å². The summed E-state index contributed by atoms with van der Waals surface area (Å²) in [5.41, 5.74) is 3.69. The highest BCUT2D eigenvalue weighted by atomic mass is 16.5. The van der Waals surface area contributed by atoms with Crippen molar-refractivity contribution in [3.8, 4) is 11.5 Å². The third-order valence-corrected chi connectivity index (χ3v) is 6.13. The van der Waals surface area contributed by atoms with Gasteiger partial charge < -0.3 is 19.2 Å². The van der Waals surface area contributed by atoms with Crippen LogP contribution in [-0.4, -0.2) is 33.8 Å². The summed E-state index contributed by atoms with van der Waals surface area (Å²) in [6.45, 7) is 7.24. The van der Waals surface area contributed by atoms with Crippen LogP contribution < -0.4 is 5.46 Å². The lowest BCUT2D eigenvalue weighted by atomic mass is 9.82. The van der Waals surface area contributed by atoms with E-state index < -0.39 is 11.2 Å². The number of aliphatic hydroxyl groups is 1. The summed E-state index contributed by atoms with van der Waals surface area (Å²) in [5, 5.41) is 12.5. The van der Waals surface area contributed by atoms with Crippen LogP contribution in [0.4, 0.5) is 0 Å². The van der Waals surface area contributed by atoms with Gasteiger partial charge in [0.15, 0.2) is 5.58 Å². The van der Waals surface area contributed by atoms with Gasteiger partial charge in [0.25, 0.3) is 0 Å². The van der Waals surface area contributed by atoms with Crippen LogP contribution in [0.3, 0.4) is 0 Å². The number of aromatic nitrogens is 2. The first-order valence-corrected chi connectivity index (χ1v) is 10.4. The van der Waals surface area contributed by atoms with Crippen LogP contribution in [-0.2, 0) is 4.65 Å². The monoisotopic (exact) mass is 411 g/mol. The molecule has 31 heavy (non-hydrogen) atoms. The molecular formula is C25H24BN2O3. The number of hydrogen-bond donors (Lipinski definition) is 2. The van der Waals surface area contributed by atoms with Crippen molar-refractivity contribution in [2.45, 2.75) is 38.9 Å². The van der Waals surface area contributed by atoms with Crippen LogP contribution in [0, 0.1) is 0 Å². The van der Waals surface area contributed by atoms with Crippen molar-refractivity contribution in [2.24, 2.45) is 0 Å². The molecule has 0 aliphatic rings. The first kappa shape index (κ1) is 19.9. The quantitative estimate of drug-likeness (QED) is 0.402. The van der Waals surface area contributed by atoms with Gasteiger partial charge in [0.1, 0.15) is 5.52 Å². The first-order valence-electron chi connectivity index (χ1n) is 10.4. The number of oxazole rings is 1. The fourth-order valence-electron chi connectivity index (χ4n) is 3.51. The van der Waals surface area contributed by atoms with Crippen molar-refractivity contribution in [1.82, 2.24) is 9.97 Å². The number of nitrogens with one attached hydrogen (secondary N) is 1. The van der Waals surface area contributed by atoms with E-state index in [2.05, 4.69) is 22.1 Å². The molecule has 6 heteroatoms. The van der Waals surface area contributed by atoms with E-state index in [-0.39, 0.29) is 0 Å². The van der Waals surface area contributed by atoms with Crippen LogP contribution in [0.15, 0.2) is 65.1 Å². The van der Waals surface area contributed by atoms with Crippen molar-refractivity contribution in [3.05, 3.63) is 60.7 Å². The van der Waals surface area contributed by atoms with Crippen LogP contribution in [0.5, 0.6) is 0 Å². The molecule has 0 bridgehead atoms. The summed E-state index contributed by atoms with van der Waals surface area (Å²) in [5.74, 6) is 0.609. The van der Waals surface area contributed by atoms with Crippen molar-refractivity contribution in [3.63, 3.8) is 0 Å². The molecule has 0 saturated carbocycles. The van der Waals surface area contributed by atoms with Gasteiger partial charge in [-0.05, 0) is 58.0 Å². The van der Waals surface area contributed by atoms with E-state index in [1.807, 2.05) is 62.4 Å². The predicted molar refractivity (Wildman–Crippen MR) is 126 cm³/mol. The lowest BCUT2D eigenvalue weighted by Gasteiger charge is -2.37. The SMILES string of the molecule is CC(C)(O)C(C)(C)O[B]c1ccc2[nH]c3c(ccc4nc(-c5ccccc5)oc43)c2c1. The second-order valence-corrected chi connectivity index (χ2v) is 8.96. The third-order valence-electron chi connectivity index (χ3n) is 6.13. The molecule has 0 unspecified atom stereocenters. The molecule has 155 valence electrons. The smallest absolute Gasteiger partial charge is 0.330 e. The summed E-state index contributed by atoms with van der Waals surface area (Å²) >= 11 is 0. The predicted octanol–water partition coefficient (Wildman–Crippen LogP) is 4.94. The fourth-order valence-corrected chi connectivity index (χ4v) is 3.51. The van der Waals surface area contributed by atoms with Crippen LogP contribution in [0.25, 0.3) is 44.4 Å². The molecule has 0 amide bonds. The van der Waals surface area contributed by atoms with E-state index in [1.165, 1.54) is 0 Å². The molecule has 5 rings (SSSR count). The molecule has 5 aromatic rings. The number of fused-ring (bicyclic) bond motifs is 5. The standard InChI is InChI=1S/C25H24BN2O3/c1-24(2,29)25(3,4)31-26-16-10-12-19-18(14-16)17-11-13-20-22(21(17)27-19)30-23(28-20)15-8-6-5-7-9-15/h5-14,27,29H,1-4H3. The Morgan fingerprint density at radius 1 is 0.968 bits per heavy atom. The minimum Gasteiger partial charge on any atom is -0.434 e. The maximum atomic E-state index is 10.3. The molecule has 1 radical (unpaired) electrons. The van der Waals surface area contributed by atoms with Gasteiger partial charge in [-0.3, -0.25) is 0 Å². The van der Waals surface area contributed by atoms with Gasteiger partial charge in [0.2, 0.25) is 5.89 Å². The maximum Gasteiger partial charge on any atom is 0.330 e. The van der Waals surface area contributed by atoms with E-state index >= 15 is 0 Å². The zero-order chi connectivity index (χ0) is 21.8. The Morgan fingerprint density at radius 3 is 2.48 bits per heavy atom. The molecule has 0 spiro atoms. The molecule has 2 N–H and O–H groups in total. The molecule has 0 fully saturated rings. The van der Waals surface area contributed by atoms with Gasteiger partial charge >= 0.3 is 7.48 Å². The number of benzene rings is 3. The zero-order valence-electron chi connectivity index (χ0n) is 18.1. The molecule has 2 heterocycles. The third kappa shape index (κ3) is 3.42. The second-order valence-electron chi connectivity index (χ2n) is 8.96. The number of nitrogens with zero attached hydrogens (tertiary/aromatic N) is 1. The Kier molecular flexibility index (Phi) is 4.47. The Labute approximate surface area is 181 Å². The number of H-pyrrole nitrogens is 1. The summed E-state index contributed by atoms with van der Waals surface area (Å²) in [4.78, 5) is 8.14. The van der Waals surface area contributed by atoms with E-state index in [9.17, 15) is 5.11 Å². The van der Waals surface area contributed by atoms with E-state index in [0.717, 1.165) is 43.9 Å². The molecular weight excluding hydrogens is 387 g/mol. The van der Waals surface area contributed by atoms with Crippen molar-refractivity contribution < 1.29 is 14.2 Å². The van der Waals surface area contributed by atoms with Gasteiger partial charge in [-0.1, -0.05) is 35.8 Å². The van der Waals surface area contributed by atoms with Crippen molar-refractivity contribution >= 4 is 45.9 Å². The summed E-state index contributed by atoms with van der Waals surface area (Å²) in [6, 6.07) is 20.1. The van der Waals surface area contributed by atoms with E-state index in [0.29, 0.717) is 5.89 Å². The highest BCUT2D eigenvalue weighted by molar-refractivity contribution is 6.47. The highest BCUT2D eigenvalue weighted by Gasteiger charge is 2.35. The summed E-state index contributed by atoms with van der Waals surface area (Å²) in [7, 11) is 1.71. The van der Waals surface area contributed by atoms with Gasteiger partial charge in [-0.15, -0.1) is 0 Å². The maximum absolute atomic E-state index is 10.3. The lowest BCUT2D eigenvalue weighted by molar-refractivity contribution is -0.0893. The molecule has 0 aliphatic carbocycles. The van der Waals surface area contributed by atoms with Gasteiger partial charge in [0, 0.05) is 21.9 Å². The average molecular weight is 411 g/mol. The van der Waals surface area contributed by atoms with Crippen molar-refractivity contribution in [2.75, 3.05) is 0 Å². The van der Waals surface area contributed by atoms with Crippen LogP contribution in [0.1, 0.15) is 27.7 Å². The van der Waals surface area contributed by atoms with Gasteiger partial charge in [-0.25, -0.2) is 4.98 Å². The Balaban J connectivity index is 1.55. The summed E-state index contributed by atoms with van der Waals surface area (Å²) in [6.07, 6.45) is 0. The lowest BCUT2D eigenvalue weighted by Crippen LogP contribution is -2.49. The minimum absolute atomic E-state index is 0.609. The van der Waals surface area contributed by atoms with E-state index in [4.69, 9.17) is 9.07 Å². The largest absolute Gasteiger partial charge is 0.434 e. The minimum atomic E-state index is -0.970. The Hall–Kier alpha value is -3.09. The molecule has 0 aliphatic heterocycles. The second kappa shape index (κ2) is 6.97. The van der Waals surface area contributed by atoms with Crippen LogP contribution >= 0.6 is 0 Å². The summed E-state index contributed by atoms with van der Waals surface area (Å²) < 4.78 is 12.1. The van der Waals surface area contributed by atoms with Crippen molar-refractivity contribution in [1.29, 1.82) is 0 Å². The fraction of sp³-hybridized carbons (Fsp3) is 0.240. The number of rotatable bonds is 5. The van der Waals surface area contributed by atoms with Gasteiger partial charge in [-0.2, -0.15) is 0 Å².